The number of anilines is 2. The van der Waals surface area contributed by atoms with E-state index in [2.05, 4.69) is 21.9 Å². The van der Waals surface area contributed by atoms with Crippen LogP contribution in [0.1, 0.15) is 46.5 Å². The third kappa shape index (κ3) is 7.52. The van der Waals surface area contributed by atoms with Crippen LogP contribution in [0.2, 0.25) is 0 Å². The van der Waals surface area contributed by atoms with Gasteiger partial charge in [-0.2, -0.15) is 4.98 Å². The van der Waals surface area contributed by atoms with E-state index in [-0.39, 0.29) is 25.3 Å². The molecule has 6 rings (SSSR count). The summed E-state index contributed by atoms with van der Waals surface area (Å²) < 4.78 is 39.7. The van der Waals surface area contributed by atoms with Gasteiger partial charge in [-0.15, -0.1) is 6.58 Å². The van der Waals surface area contributed by atoms with Gasteiger partial charge in [0.15, 0.2) is 0 Å². The number of nitrogens with zero attached hydrogens (tertiary/aromatic N) is 3. The summed E-state index contributed by atoms with van der Waals surface area (Å²) >= 11 is 0. The van der Waals surface area contributed by atoms with Crippen LogP contribution in [0.5, 0.6) is 11.6 Å². The highest BCUT2D eigenvalue weighted by Gasteiger charge is 2.62. The fourth-order valence-corrected chi connectivity index (χ4v) is 8.07. The molecule has 13 nitrogen and oxygen atoms in total. The van der Waals surface area contributed by atoms with Gasteiger partial charge in [0.2, 0.25) is 27.7 Å². The van der Waals surface area contributed by atoms with Crippen molar-refractivity contribution in [3.05, 3.63) is 67.3 Å². The predicted molar refractivity (Wildman–Crippen MR) is 200 cm³/mol. The largest absolute Gasteiger partial charge is 0.497 e. The van der Waals surface area contributed by atoms with Crippen molar-refractivity contribution in [3.8, 4) is 11.6 Å². The maximum absolute atomic E-state index is 14.7. The van der Waals surface area contributed by atoms with Crippen molar-refractivity contribution in [2.75, 3.05) is 38.0 Å². The minimum absolute atomic E-state index is 0.0611. The van der Waals surface area contributed by atoms with E-state index in [0.717, 1.165) is 16.5 Å². The van der Waals surface area contributed by atoms with Crippen LogP contribution in [0.25, 0.3) is 10.8 Å². The van der Waals surface area contributed by atoms with E-state index in [1.165, 1.54) is 11.0 Å². The van der Waals surface area contributed by atoms with Crippen LogP contribution >= 0.6 is 0 Å². The molecule has 0 spiro atoms. The molecule has 3 aliphatic rings. The number of carbonyl (C=O) groups is 3. The summed E-state index contributed by atoms with van der Waals surface area (Å²) in [7, 11) is 1.47. The van der Waals surface area contributed by atoms with Crippen molar-refractivity contribution in [1.82, 2.24) is 19.9 Å². The smallest absolute Gasteiger partial charge is 0.259 e. The summed E-state index contributed by atoms with van der Waals surface area (Å²) in [6.45, 7) is 9.70. The number of carbonyl (C=O) groups excluding carboxylic acids is 3. The van der Waals surface area contributed by atoms with Crippen molar-refractivity contribution < 1.29 is 32.3 Å². The van der Waals surface area contributed by atoms with Gasteiger partial charge in [0, 0.05) is 37.5 Å². The molecule has 0 bridgehead atoms. The Labute approximate surface area is 305 Å². The van der Waals surface area contributed by atoms with E-state index < -0.39 is 62.1 Å². The van der Waals surface area contributed by atoms with Crippen molar-refractivity contribution in [2.45, 2.75) is 75.4 Å². The van der Waals surface area contributed by atoms with Crippen LogP contribution in [0, 0.1) is 11.3 Å². The van der Waals surface area contributed by atoms with Crippen molar-refractivity contribution in [2.24, 2.45) is 11.3 Å². The summed E-state index contributed by atoms with van der Waals surface area (Å²) in [4.78, 5) is 50.7. The highest BCUT2D eigenvalue weighted by molar-refractivity contribution is 7.91. The first-order valence-corrected chi connectivity index (χ1v) is 19.1. The van der Waals surface area contributed by atoms with Crippen LogP contribution in [-0.2, 0) is 24.4 Å². The number of likely N-dealkylation sites (tertiary alicyclic amines) is 1. The Balaban J connectivity index is 1.33. The predicted octanol–water partition coefficient (Wildman–Crippen LogP) is 3.85. The zero-order chi connectivity index (χ0) is 37.6. The van der Waals surface area contributed by atoms with E-state index >= 15 is 0 Å². The minimum atomic E-state index is -3.87. The van der Waals surface area contributed by atoms with E-state index in [0.29, 0.717) is 30.3 Å². The molecule has 1 aliphatic heterocycles. The molecule has 3 N–H and O–H groups in total. The fourth-order valence-electron chi connectivity index (χ4n) is 6.70. The summed E-state index contributed by atoms with van der Waals surface area (Å²) in [6.07, 6.45) is 2.13. The lowest BCUT2D eigenvalue weighted by Crippen LogP contribution is -2.58. The van der Waals surface area contributed by atoms with Gasteiger partial charge in [0.1, 0.15) is 35.3 Å². The fraction of sp³-hybridized carbons (Fsp3) is 0.474. The lowest BCUT2D eigenvalue weighted by molar-refractivity contribution is -0.141. The van der Waals surface area contributed by atoms with E-state index in [1.54, 1.807) is 7.11 Å². The molecule has 2 saturated carbocycles. The third-order valence-corrected chi connectivity index (χ3v) is 11.8. The molecule has 2 aromatic carbocycles. The number of fused-ring (bicyclic) bond motifs is 1. The molecule has 52 heavy (non-hydrogen) atoms. The maximum Gasteiger partial charge on any atom is 0.259 e. The number of aromatic nitrogens is 1. The molecule has 0 unspecified atom stereocenters. The average Bonchev–Trinajstić information content (AvgIpc) is 4.03. The van der Waals surface area contributed by atoms with Crippen molar-refractivity contribution in [3.63, 3.8) is 0 Å². The number of para-hydroxylation sites is 1. The van der Waals surface area contributed by atoms with Crippen LogP contribution in [-0.4, -0.2) is 92.7 Å². The van der Waals surface area contributed by atoms with Crippen molar-refractivity contribution >= 4 is 50.0 Å². The van der Waals surface area contributed by atoms with Crippen LogP contribution in [0.15, 0.2) is 67.3 Å². The molecule has 2 heterocycles. The molecule has 3 aromatic rings. The Morgan fingerprint density at radius 3 is 2.40 bits per heavy atom. The van der Waals surface area contributed by atoms with E-state index in [9.17, 15) is 22.8 Å². The Bertz CT molecular complexity index is 1980. The van der Waals surface area contributed by atoms with E-state index in [1.807, 2.05) is 94.4 Å². The number of rotatable bonds is 13. The third-order valence-electron chi connectivity index (χ3n) is 10.0. The van der Waals surface area contributed by atoms with Crippen LogP contribution in [0.4, 0.5) is 11.5 Å². The minimum Gasteiger partial charge on any atom is -0.497 e. The molecule has 2 aliphatic carbocycles. The maximum atomic E-state index is 14.7. The lowest BCUT2D eigenvalue weighted by atomic mass is 9.85. The molecule has 278 valence electrons. The molecule has 0 radical (unpaired) electrons. The Morgan fingerprint density at radius 1 is 1.10 bits per heavy atom. The second kappa shape index (κ2) is 13.9. The highest BCUT2D eigenvalue weighted by Crippen LogP contribution is 2.46. The van der Waals surface area contributed by atoms with Gasteiger partial charge in [-0.1, -0.05) is 45.0 Å². The SMILES string of the molecule is C=C[C@@H]1C[C@]1(NC(=O)[C@@H]1C[C@@H](Oc2nc(N(C)C)cc3cc(OC)ccc23)CN1C(=O)[C@@H](Nc1ccccc1)C(C)(C)C)C(=O)NS(=O)(=O)C1CC1. The topological polar surface area (TPSA) is 159 Å². The van der Waals surface area contributed by atoms with Gasteiger partial charge < -0.3 is 29.9 Å². The average molecular weight is 733 g/mol. The van der Waals surface area contributed by atoms with Crippen LogP contribution < -0.4 is 29.7 Å². The quantitative estimate of drug-likeness (QED) is 0.221. The number of sulfonamides is 1. The molecule has 14 heteroatoms. The zero-order valence-electron chi connectivity index (χ0n) is 30.5. The molecule has 3 amide bonds. The number of hydrogen-bond acceptors (Lipinski definition) is 10. The number of hydrogen-bond donors (Lipinski definition) is 3. The first kappa shape index (κ1) is 36.9. The molecular formula is C38H48N6O7S. The van der Waals surface area contributed by atoms with Gasteiger partial charge in [-0.3, -0.25) is 19.1 Å². The molecular weight excluding hydrogens is 685 g/mol. The number of pyridine rings is 1. The number of benzene rings is 2. The number of nitrogens with one attached hydrogen (secondary N) is 3. The van der Waals surface area contributed by atoms with Gasteiger partial charge in [-0.25, -0.2) is 8.42 Å². The first-order chi connectivity index (χ1) is 24.6. The van der Waals surface area contributed by atoms with E-state index in [4.69, 9.17) is 14.5 Å². The summed E-state index contributed by atoms with van der Waals surface area (Å²) in [6, 6.07) is 15.1. The second-order valence-corrected chi connectivity index (χ2v) is 17.2. The molecule has 5 atom stereocenters. The van der Waals surface area contributed by atoms with Crippen LogP contribution in [0.3, 0.4) is 0 Å². The van der Waals surface area contributed by atoms with Gasteiger partial charge in [-0.05, 0) is 66.5 Å². The molecule has 1 aromatic heterocycles. The summed E-state index contributed by atoms with van der Waals surface area (Å²) in [5.41, 5.74) is -1.33. The number of amides is 3. The Morgan fingerprint density at radius 2 is 1.81 bits per heavy atom. The summed E-state index contributed by atoms with van der Waals surface area (Å²) in [5, 5.41) is 7.19. The lowest BCUT2D eigenvalue weighted by Gasteiger charge is -2.36. The normalized spacial score (nSPS) is 23.3. The van der Waals surface area contributed by atoms with Gasteiger partial charge in [0.25, 0.3) is 5.91 Å². The molecule has 3 fully saturated rings. The monoisotopic (exact) mass is 732 g/mol. The number of methoxy groups -OCH3 is 1. The first-order valence-electron chi connectivity index (χ1n) is 17.5. The van der Waals surface area contributed by atoms with Crippen molar-refractivity contribution in [1.29, 1.82) is 0 Å². The molecule has 1 saturated heterocycles. The zero-order valence-corrected chi connectivity index (χ0v) is 31.3. The summed E-state index contributed by atoms with van der Waals surface area (Å²) in [5.74, 6) is -0.527. The highest BCUT2D eigenvalue weighted by atomic mass is 32.2. The standard InChI is InChI=1S/C38H48N6O7S/c1-8-24-21-38(24,36(47)42-52(48,49)28-15-16-28)41-33(45)30-20-27(22-44(30)35(46)32(37(2,3)4)39-25-12-10-9-11-13-25)51-34-29-17-14-26(50-7)18-23(29)19-31(40-34)43(5)6/h8-14,17-19,24,27-28,30,32,39H,1,15-16,20-22H2,2-7H3,(H,41,45)(H,42,47)/t24-,27-,30+,32-,38-/m1/s1. The van der Waals surface area contributed by atoms with Gasteiger partial charge >= 0.3 is 0 Å². The Hall–Kier alpha value is -4.85. The van der Waals surface area contributed by atoms with Gasteiger partial charge in [0.05, 0.1) is 18.9 Å². The second-order valence-electron chi connectivity index (χ2n) is 15.2. The number of ether oxygens (including phenoxy) is 2. The Kier molecular flexibility index (Phi) is 9.90.